The highest BCUT2D eigenvalue weighted by Crippen LogP contribution is 2.49. The number of aliphatic hydroxyl groups is 1. The Kier molecular flexibility index (Phi) is 8.43. The fraction of sp³-hybridized carbons (Fsp3) is 0.517. The van der Waals surface area contributed by atoms with Crippen LogP contribution in [-0.2, 0) is 9.59 Å². The lowest BCUT2D eigenvalue weighted by molar-refractivity contribution is -0.127. The van der Waals surface area contributed by atoms with Crippen LogP contribution in [0.15, 0.2) is 41.3 Å². The molecule has 2 amide bonds. The van der Waals surface area contributed by atoms with E-state index in [1.54, 1.807) is 17.8 Å². The maximum Gasteiger partial charge on any atom is 0.234 e. The monoisotopic (exact) mass is 541 g/mol. The Balaban J connectivity index is 1.23. The van der Waals surface area contributed by atoms with Gasteiger partial charge in [-0.1, -0.05) is 13.0 Å². The van der Waals surface area contributed by atoms with E-state index in [1.165, 1.54) is 12.1 Å². The van der Waals surface area contributed by atoms with Gasteiger partial charge in [0, 0.05) is 48.6 Å². The summed E-state index contributed by atoms with van der Waals surface area (Å²) in [7, 11) is 0. The highest BCUT2D eigenvalue weighted by Gasteiger charge is 2.37. The Morgan fingerprint density at radius 3 is 2.76 bits per heavy atom. The highest BCUT2D eigenvalue weighted by molar-refractivity contribution is 8.01. The molecule has 1 aliphatic carbocycles. The van der Waals surface area contributed by atoms with Crippen LogP contribution in [0.3, 0.4) is 0 Å². The average molecular weight is 542 g/mol. The largest absolute Gasteiger partial charge is 0.488 e. The quantitative estimate of drug-likeness (QED) is 0.389. The molecule has 0 aromatic heterocycles. The van der Waals surface area contributed by atoms with Crippen molar-refractivity contribution in [2.75, 3.05) is 25.0 Å². The van der Waals surface area contributed by atoms with Gasteiger partial charge in [-0.3, -0.25) is 9.59 Å². The second-order valence-electron chi connectivity index (χ2n) is 10.5. The molecular formula is C29H36FN3O4S. The molecule has 0 bridgehead atoms. The predicted octanol–water partition coefficient (Wildman–Crippen LogP) is 4.96. The number of carbonyl (C=O) groups excluding carboxylic acids is 2. The van der Waals surface area contributed by atoms with Crippen LogP contribution in [0, 0.1) is 5.82 Å². The van der Waals surface area contributed by atoms with Crippen molar-refractivity contribution in [3.63, 3.8) is 0 Å². The van der Waals surface area contributed by atoms with Crippen LogP contribution >= 0.6 is 11.8 Å². The Morgan fingerprint density at radius 2 is 2.00 bits per heavy atom. The zero-order valence-electron chi connectivity index (χ0n) is 21.7. The third kappa shape index (κ3) is 6.10. The molecule has 2 heterocycles. The Bertz CT molecular complexity index is 1170. The van der Waals surface area contributed by atoms with E-state index in [2.05, 4.69) is 17.6 Å². The number of fused-ring (bicyclic) bond motifs is 1. The van der Waals surface area contributed by atoms with Crippen LogP contribution in [0.4, 0.5) is 15.8 Å². The number of benzene rings is 2. The van der Waals surface area contributed by atoms with Crippen molar-refractivity contribution < 1.29 is 23.8 Å². The summed E-state index contributed by atoms with van der Waals surface area (Å²) >= 11 is 1.56. The number of anilines is 2. The minimum atomic E-state index is -0.366. The van der Waals surface area contributed by atoms with Crippen LogP contribution < -0.4 is 15.4 Å². The highest BCUT2D eigenvalue weighted by atomic mass is 32.2. The lowest BCUT2D eigenvalue weighted by atomic mass is 9.95. The van der Waals surface area contributed by atoms with Crippen molar-refractivity contribution in [3.8, 4) is 5.75 Å². The topological polar surface area (TPSA) is 90.9 Å². The average Bonchev–Trinajstić information content (AvgIpc) is 3.47. The fourth-order valence-corrected chi connectivity index (χ4v) is 6.99. The number of thioether (sulfide) groups is 1. The number of nitrogens with zero attached hydrogens (tertiary/aromatic N) is 1. The number of halogens is 1. The van der Waals surface area contributed by atoms with E-state index in [0.29, 0.717) is 43.8 Å². The lowest BCUT2D eigenvalue weighted by Crippen LogP contribution is -2.36. The van der Waals surface area contributed by atoms with Gasteiger partial charge in [0.15, 0.2) is 0 Å². The van der Waals surface area contributed by atoms with Crippen molar-refractivity contribution in [3.05, 3.63) is 47.8 Å². The number of hydrogen-bond acceptors (Lipinski definition) is 6. The first kappa shape index (κ1) is 26.8. The van der Waals surface area contributed by atoms with E-state index in [-0.39, 0.29) is 41.0 Å². The minimum Gasteiger partial charge on any atom is -0.488 e. The maximum atomic E-state index is 14.1. The van der Waals surface area contributed by atoms with Crippen LogP contribution in [0.1, 0.15) is 63.4 Å². The molecule has 2 unspecified atom stereocenters. The minimum absolute atomic E-state index is 0.00249. The molecule has 3 aliphatic rings. The van der Waals surface area contributed by atoms with Gasteiger partial charge in [-0.05, 0) is 68.4 Å². The summed E-state index contributed by atoms with van der Waals surface area (Å²) in [6.07, 6.45) is 4.79. The molecule has 0 spiro atoms. The van der Waals surface area contributed by atoms with Crippen molar-refractivity contribution in [1.29, 1.82) is 0 Å². The first-order valence-electron chi connectivity index (χ1n) is 13.7. The van der Waals surface area contributed by atoms with Gasteiger partial charge in [0.2, 0.25) is 11.8 Å². The molecule has 1 saturated carbocycles. The van der Waals surface area contributed by atoms with E-state index in [0.717, 1.165) is 48.4 Å². The first-order chi connectivity index (χ1) is 18.4. The van der Waals surface area contributed by atoms with Crippen LogP contribution in [0.25, 0.3) is 0 Å². The molecule has 2 aromatic rings. The Morgan fingerprint density at radius 1 is 1.18 bits per heavy atom. The molecule has 2 atom stereocenters. The third-order valence-electron chi connectivity index (χ3n) is 7.71. The standard InChI is InChI=1S/C29H36FN3O4S/c1-18-27-23(32-22-13-8-19(30)17-24(22)37-21-11-9-20(34)10-12-21)5-2-6-25(27)38-28(18)29(36)31-14-4-16-33-15-3-7-26(33)35/h2,5-6,8,13,17-18,20-21,28,32,34H,3-4,7,9-12,14-16H2,1H3,(H,31,36)/t18?,20-,21-,28?. The van der Waals surface area contributed by atoms with Crippen molar-refractivity contribution >= 4 is 35.0 Å². The second kappa shape index (κ2) is 11.9. The Hall–Kier alpha value is -2.78. The number of amides is 2. The van der Waals surface area contributed by atoms with Crippen molar-refractivity contribution in [1.82, 2.24) is 10.2 Å². The molecule has 2 aromatic carbocycles. The summed E-state index contributed by atoms with van der Waals surface area (Å²) < 4.78 is 20.3. The van der Waals surface area contributed by atoms with Gasteiger partial charge in [0.05, 0.1) is 23.1 Å². The fourth-order valence-electron chi connectivity index (χ4n) is 5.60. The van der Waals surface area contributed by atoms with E-state index in [1.807, 2.05) is 23.1 Å². The number of nitrogens with one attached hydrogen (secondary N) is 2. The van der Waals surface area contributed by atoms with Crippen molar-refractivity contribution in [2.45, 2.75) is 80.1 Å². The van der Waals surface area contributed by atoms with Crippen molar-refractivity contribution in [2.24, 2.45) is 0 Å². The zero-order valence-corrected chi connectivity index (χ0v) is 22.6. The zero-order chi connectivity index (χ0) is 26.6. The van der Waals surface area contributed by atoms with Gasteiger partial charge >= 0.3 is 0 Å². The van der Waals surface area contributed by atoms with E-state index in [9.17, 15) is 19.1 Å². The number of hydrogen-bond donors (Lipinski definition) is 3. The molecule has 2 aliphatic heterocycles. The van der Waals surface area contributed by atoms with Crippen LogP contribution in [0.5, 0.6) is 5.75 Å². The molecular weight excluding hydrogens is 505 g/mol. The summed E-state index contributed by atoms with van der Waals surface area (Å²) in [5.41, 5.74) is 2.62. The molecule has 1 saturated heterocycles. The van der Waals surface area contributed by atoms with Crippen LogP contribution in [0.2, 0.25) is 0 Å². The third-order valence-corrected chi connectivity index (χ3v) is 9.20. The summed E-state index contributed by atoms with van der Waals surface area (Å²) in [5, 5.41) is 16.1. The second-order valence-corrected chi connectivity index (χ2v) is 11.7. The van der Waals surface area contributed by atoms with Gasteiger partial charge in [-0.15, -0.1) is 11.8 Å². The SMILES string of the molecule is CC1c2c(Nc3ccc(F)cc3O[C@H]3CC[C@H](O)CC3)cccc2SC1C(=O)NCCCN1CCCC1=O. The van der Waals surface area contributed by atoms with E-state index < -0.39 is 0 Å². The first-order valence-corrected chi connectivity index (χ1v) is 14.5. The molecule has 2 fully saturated rings. The normalized spacial score (nSPS) is 24.8. The molecule has 9 heteroatoms. The lowest BCUT2D eigenvalue weighted by Gasteiger charge is -2.27. The number of likely N-dealkylation sites (tertiary alicyclic amines) is 1. The Labute approximate surface area is 227 Å². The van der Waals surface area contributed by atoms with Crippen LogP contribution in [-0.4, -0.2) is 58.9 Å². The summed E-state index contributed by atoms with van der Waals surface area (Å²) in [6.45, 7) is 4.11. The van der Waals surface area contributed by atoms with E-state index in [4.69, 9.17) is 4.74 Å². The summed E-state index contributed by atoms with van der Waals surface area (Å²) in [4.78, 5) is 27.8. The summed E-state index contributed by atoms with van der Waals surface area (Å²) in [5.74, 6) is 0.271. The number of aliphatic hydroxyl groups excluding tert-OH is 1. The number of rotatable bonds is 9. The predicted molar refractivity (Wildman–Crippen MR) is 147 cm³/mol. The van der Waals surface area contributed by atoms with Gasteiger partial charge in [0.1, 0.15) is 11.6 Å². The van der Waals surface area contributed by atoms with Gasteiger partial charge in [-0.2, -0.15) is 0 Å². The molecule has 38 heavy (non-hydrogen) atoms. The molecule has 5 rings (SSSR count). The molecule has 0 radical (unpaired) electrons. The van der Waals surface area contributed by atoms with Gasteiger partial charge < -0.3 is 25.4 Å². The van der Waals surface area contributed by atoms with Gasteiger partial charge in [-0.25, -0.2) is 4.39 Å². The smallest absolute Gasteiger partial charge is 0.234 e. The molecule has 3 N–H and O–H groups in total. The maximum absolute atomic E-state index is 14.1. The number of ether oxygens (including phenoxy) is 1. The van der Waals surface area contributed by atoms with Gasteiger partial charge in [0.25, 0.3) is 0 Å². The molecule has 204 valence electrons. The number of carbonyl (C=O) groups is 2. The summed E-state index contributed by atoms with van der Waals surface area (Å²) in [6, 6.07) is 10.5. The van der Waals surface area contributed by atoms with E-state index >= 15 is 0 Å². The molecule has 7 nitrogen and oxygen atoms in total.